The number of aromatic amines is 2. The van der Waals surface area contributed by atoms with E-state index in [9.17, 15) is 43.4 Å². The Balaban J connectivity index is 0.000000249. The molecule has 14 heterocycles. The molecule has 4 amide bonds. The van der Waals surface area contributed by atoms with E-state index in [-0.39, 0.29) is 115 Å². The van der Waals surface area contributed by atoms with Crippen LogP contribution in [0.1, 0.15) is 168 Å². The minimum absolute atomic E-state index is 0. The molecule has 12 aromatic rings. The predicted octanol–water partition coefficient (Wildman–Crippen LogP) is 12.1. The standard InChI is InChI=1S/C35H39FN11O9P.C27H36N7O4P.C14H18FN5O5.2C5H5N.C2H3N.CH4.2HO2P/c1-4-20-21(13-23(54-20)46-16-40-25-28(38-15-39-29(25)46)42-32(50)19-9-6-5-7-10-19)56-57(52-12-8-11-37)53-14-22-24(36)27(48)34(55-22)47-17-41-26-30(47)43-35(45-33(26)51)44-31(49)18(2)3;1-6-21-22(38-39(36-14-10-13-28)34(18(2)3)19(4)5)15-23(37-21)33-17-31-24-25(29-16-30-26(24)33)32-27(35)20-11-8-7-9-12-20;1-5(2)11(23)18-14-17-10-8(12(24)19-14)16-4-20(10)13-9(22)7(15)6(3-21)25-13;2*1-2-4-6-5-3-1;1-2-3;;2*1-3-2/h5-7,9-10,15-18,20-24,27,34,48H,4,8,12-14H2,1-3H3,(H,38,39,42,50)(H2,43,44,45,49,51);7-9,11-12,16-19,21-23H,6,10,14-15H2,1-5H3,(H,29,30,32,35);4-7,9,13,21-22H,3H2,1-2H3,(H2,17,18,19,23,24);2*1-5H;1H3;1H4;2*(H,1,2)/t20-,21-,22-,23-,24-,27-,34-,57?;21-,22-,23-,39?;6-,7-,9-,13-;;;;;;/m111....../s1. The normalized spacial score (nSPS) is 20.7. The van der Waals surface area contributed by atoms with Crippen molar-refractivity contribution in [1.82, 2.24) is 92.7 Å². The molecular weight excluding hydrogens is 1950 g/mol. The number of aromatic nitrogens is 18. The molecule has 4 aliphatic heterocycles. The summed E-state index contributed by atoms with van der Waals surface area (Å²) in [5.41, 5.74) is 1.33. The number of nitrogens with zero attached hydrogens (tertiary/aromatic N) is 20. The minimum atomic E-state index is -2.20. The third-order valence-electron chi connectivity index (χ3n) is 20.7. The van der Waals surface area contributed by atoms with Crippen molar-refractivity contribution < 1.29 is 104 Å². The first-order chi connectivity index (χ1) is 68.5. The topological polar surface area (TPSA) is 649 Å². The van der Waals surface area contributed by atoms with E-state index in [1.807, 2.05) is 66.1 Å². The zero-order chi connectivity index (χ0) is 103. The van der Waals surface area contributed by atoms with Crippen molar-refractivity contribution in [3.8, 4) is 18.2 Å². The molecule has 4 fully saturated rings. The molecule has 16 atom stereocenters. The smallest absolute Gasteiger partial charge is 0.333 e. The van der Waals surface area contributed by atoms with Gasteiger partial charge in [-0.05, 0) is 89.1 Å². The molecule has 0 aliphatic carbocycles. The van der Waals surface area contributed by atoms with E-state index < -0.39 is 138 Å². The number of carbonyl (C=O) groups excluding carboxylic acids is 4. The maximum Gasteiger partial charge on any atom is 0.333 e. The van der Waals surface area contributed by atoms with Crippen LogP contribution in [0.15, 0.2) is 169 Å². The molecule has 2 aromatic carbocycles. The van der Waals surface area contributed by atoms with Gasteiger partial charge in [-0.1, -0.05) is 97.5 Å². The number of halogens is 2. The number of aliphatic hydroxyl groups excluding tert-OH is 3. The highest BCUT2D eigenvalue weighted by Crippen LogP contribution is 2.52. The Bertz CT molecular complexity index is 6180. The van der Waals surface area contributed by atoms with Gasteiger partial charge in [0.1, 0.15) is 49.5 Å². The molecule has 4 aliphatic rings. The lowest BCUT2D eigenvalue weighted by molar-refractivity contribution is -0.119. The number of carbonyl (C=O) groups is 4. The number of fused-ring (bicyclic) bond motifs is 4. The van der Waals surface area contributed by atoms with Gasteiger partial charge in [0.2, 0.25) is 23.7 Å². The first-order valence-corrected chi connectivity index (χ1v) is 48.0. The lowest BCUT2D eigenvalue weighted by atomic mass is 10.1. The SMILES string of the molecule is C.CC#N.CC(C)C(=O)Nc1nc2c(ncn2[C@@H]2O[C@H](CO)[C@@H](F)[C@H]2O)c(=O)[nH]1.CC[C@H]1O[C@@H](n2cnc3c(NC(=O)c4ccccc4)ncnc32)C[C@H]1OP(OCCC#N)N(C(C)C)C(C)C.CC[C@H]1O[C@@H](n2cnc3c(NC(=O)c4ccccc4)ncnc32)C[C@H]1OP(OCCC#N)OC[C@H]1O[C@@H](n2cnc3c(=O)[nH]c(NC(=O)C(C)C)nc32)[C@H](O)[C@@H]1F.O=PO.O=PO.c1ccncc1.c1ccncc1. The van der Waals surface area contributed by atoms with Crippen molar-refractivity contribution >= 4 is 126 Å². The van der Waals surface area contributed by atoms with E-state index >= 15 is 4.39 Å². The van der Waals surface area contributed by atoms with E-state index in [4.69, 9.17) is 81.4 Å². The summed E-state index contributed by atoms with van der Waals surface area (Å²) < 4.78 is 109. The number of rotatable bonds is 31. The number of H-pyrrole nitrogens is 2. The molecule has 10 aromatic heterocycles. The number of hydrogen-bond donors (Lipinski definition) is 11. The fourth-order valence-electron chi connectivity index (χ4n) is 14.1. The molecular formula is C89H112F2N26O22P4. The summed E-state index contributed by atoms with van der Waals surface area (Å²) in [6.45, 7) is 19.8. The van der Waals surface area contributed by atoms with Crippen LogP contribution in [0.2, 0.25) is 0 Å². The number of benzene rings is 2. The fraction of sp³-hybridized carbons (Fsp3) is 0.449. The van der Waals surface area contributed by atoms with Crippen molar-refractivity contribution in [3.05, 3.63) is 192 Å². The maximum absolute atomic E-state index is 15.6. The Morgan fingerprint density at radius 2 is 0.909 bits per heavy atom. The van der Waals surface area contributed by atoms with Crippen LogP contribution in [-0.2, 0) is 60.3 Å². The number of alkyl halides is 2. The van der Waals surface area contributed by atoms with Crippen molar-refractivity contribution in [3.63, 3.8) is 0 Å². The summed E-state index contributed by atoms with van der Waals surface area (Å²) in [6.07, 6.45) is 3.33. The molecule has 0 spiro atoms. The van der Waals surface area contributed by atoms with Gasteiger partial charge in [0.05, 0.1) is 107 Å². The van der Waals surface area contributed by atoms with Crippen LogP contribution >= 0.6 is 34.5 Å². The number of nitrogens with one attached hydrogen (secondary N) is 6. The Morgan fingerprint density at radius 1 is 0.531 bits per heavy atom. The maximum atomic E-state index is 15.6. The lowest BCUT2D eigenvalue weighted by Crippen LogP contribution is -2.35. The van der Waals surface area contributed by atoms with Crippen LogP contribution in [-0.4, -0.2) is 241 Å². The molecule has 143 heavy (non-hydrogen) atoms. The number of aliphatic hydroxyl groups is 3. The highest BCUT2D eigenvalue weighted by Gasteiger charge is 2.49. The number of pyridine rings is 2. The third kappa shape index (κ3) is 31.9. The van der Waals surface area contributed by atoms with Crippen LogP contribution < -0.4 is 32.4 Å². The van der Waals surface area contributed by atoms with E-state index in [2.05, 4.69) is 136 Å². The van der Waals surface area contributed by atoms with Crippen LogP contribution in [0, 0.1) is 45.8 Å². The predicted molar refractivity (Wildman–Crippen MR) is 517 cm³/mol. The van der Waals surface area contributed by atoms with Crippen LogP contribution in [0.5, 0.6) is 0 Å². The Hall–Kier alpha value is -12.8. The summed E-state index contributed by atoms with van der Waals surface area (Å²) in [6, 6.07) is 35.4. The van der Waals surface area contributed by atoms with Gasteiger partial charge in [-0.15, -0.1) is 0 Å². The molecule has 0 bridgehead atoms. The number of imidazole rings is 4. The number of amides is 4. The number of anilines is 4. The van der Waals surface area contributed by atoms with E-state index in [0.29, 0.717) is 71.6 Å². The Labute approximate surface area is 824 Å². The average Bonchev–Trinajstić information content (AvgIpc) is 1.64. The zero-order valence-electron chi connectivity index (χ0n) is 78.6. The van der Waals surface area contributed by atoms with Gasteiger partial charge >= 0.3 is 26.0 Å². The second-order valence-electron chi connectivity index (χ2n) is 31.8. The molecule has 48 nitrogen and oxygen atoms in total. The van der Waals surface area contributed by atoms with Gasteiger partial charge in [-0.3, -0.25) is 77.6 Å². The van der Waals surface area contributed by atoms with Crippen molar-refractivity contribution in [2.75, 3.05) is 47.7 Å². The zero-order valence-corrected chi connectivity index (χ0v) is 82.2. The summed E-state index contributed by atoms with van der Waals surface area (Å²) in [7, 11) is -5.27. The van der Waals surface area contributed by atoms with Crippen LogP contribution in [0.25, 0.3) is 44.7 Å². The molecule has 764 valence electrons. The van der Waals surface area contributed by atoms with Gasteiger partial charge in [-0.2, -0.15) is 25.8 Å². The second-order valence-corrected chi connectivity index (χ2v) is 34.7. The summed E-state index contributed by atoms with van der Waals surface area (Å²) in [4.78, 5) is 143. The highest BCUT2D eigenvalue weighted by molar-refractivity contribution is 7.44. The number of hydrogen-bond acceptors (Lipinski definition) is 36. The van der Waals surface area contributed by atoms with Crippen molar-refractivity contribution in [2.24, 2.45) is 11.8 Å². The van der Waals surface area contributed by atoms with E-state index in [0.717, 1.165) is 6.42 Å². The summed E-state index contributed by atoms with van der Waals surface area (Å²) >= 11 is 0. The number of nitriles is 3. The minimum Gasteiger partial charge on any atom is -0.394 e. The largest absolute Gasteiger partial charge is 0.394 e. The molecule has 0 saturated carbocycles. The molecule has 4 saturated heterocycles. The van der Waals surface area contributed by atoms with Gasteiger partial charge in [0.15, 0.2) is 81.1 Å². The second kappa shape index (κ2) is 58.7. The average molecular weight is 2060 g/mol. The first kappa shape index (κ1) is 115. The molecule has 0 radical (unpaired) electrons. The Morgan fingerprint density at radius 3 is 1.27 bits per heavy atom. The van der Waals surface area contributed by atoms with Gasteiger partial charge in [0.25, 0.3) is 31.5 Å². The Kier molecular flexibility index (Phi) is 47.4. The van der Waals surface area contributed by atoms with Crippen molar-refractivity contribution in [1.29, 1.82) is 15.8 Å². The summed E-state index contributed by atoms with van der Waals surface area (Å²) in [5.74, 6) is -1.79. The molecule has 16 rings (SSSR count). The van der Waals surface area contributed by atoms with Crippen molar-refractivity contribution in [2.45, 2.75) is 220 Å². The molecule has 54 heteroatoms. The first-order valence-electron chi connectivity index (χ1n) is 44.3. The lowest BCUT2D eigenvalue weighted by Gasteiger charge is -2.37. The summed E-state index contributed by atoms with van der Waals surface area (Å²) in [5, 5.41) is 66.1. The van der Waals surface area contributed by atoms with Crippen LogP contribution in [0.4, 0.5) is 32.3 Å². The van der Waals surface area contributed by atoms with E-state index in [1.165, 1.54) is 47.7 Å². The number of ether oxygens (including phenoxy) is 4. The van der Waals surface area contributed by atoms with Crippen LogP contribution in [0.3, 0.4) is 0 Å². The van der Waals surface area contributed by atoms with Gasteiger partial charge in [0, 0.05) is 79.6 Å². The van der Waals surface area contributed by atoms with Gasteiger partial charge < -0.3 is 77.3 Å². The molecule has 11 N–H and O–H groups in total. The molecule has 2 unspecified atom stereocenters. The third-order valence-corrected chi connectivity index (χ3v) is 24.1. The van der Waals surface area contributed by atoms with Gasteiger partial charge in [-0.25, -0.2) is 62.5 Å². The quantitative estimate of drug-likeness (QED) is 0.0142. The fourth-order valence-corrected chi connectivity index (χ4v) is 17.0. The highest BCUT2D eigenvalue weighted by atomic mass is 31.2. The monoisotopic (exact) mass is 2060 g/mol. The van der Waals surface area contributed by atoms with E-state index in [1.54, 1.807) is 118 Å².